The number of hydrogen-bond acceptors (Lipinski definition) is 8. The van der Waals surface area contributed by atoms with Gasteiger partial charge in [-0.25, -0.2) is 0 Å². The van der Waals surface area contributed by atoms with Gasteiger partial charge in [0.25, 0.3) is 0 Å². The van der Waals surface area contributed by atoms with Crippen LogP contribution >= 0.6 is 0 Å². The molecule has 0 bridgehead atoms. The van der Waals surface area contributed by atoms with Crippen molar-refractivity contribution in [3.63, 3.8) is 0 Å². The number of carbonyl (C=O) groups is 6. The van der Waals surface area contributed by atoms with E-state index >= 15 is 0 Å². The molecule has 0 radical (unpaired) electrons. The Kier molecular flexibility index (Phi) is 15.1. The van der Waals surface area contributed by atoms with E-state index < -0.39 is 30.3 Å². The van der Waals surface area contributed by atoms with E-state index in [2.05, 4.69) is 10.6 Å². The third-order valence-corrected chi connectivity index (χ3v) is 7.75. The summed E-state index contributed by atoms with van der Waals surface area (Å²) in [5, 5.41) is 24.1. The Labute approximate surface area is 275 Å². The number of hydrogen-bond donors (Lipinski definition) is 4. The highest BCUT2D eigenvalue weighted by Gasteiger charge is 2.22. The van der Waals surface area contributed by atoms with Gasteiger partial charge in [0.05, 0.1) is 11.4 Å². The number of aliphatic carboxylic acids is 2. The van der Waals surface area contributed by atoms with Crippen molar-refractivity contribution >= 4 is 47.1 Å². The molecule has 2 rings (SSSR count). The maximum atomic E-state index is 12.7. The first kappa shape index (κ1) is 38.4. The van der Waals surface area contributed by atoms with Crippen LogP contribution in [0.1, 0.15) is 105 Å². The third-order valence-electron chi connectivity index (χ3n) is 7.75. The highest BCUT2D eigenvalue weighted by Crippen LogP contribution is 2.33. The normalized spacial score (nSPS) is 10.7. The molecule has 2 aromatic rings. The van der Waals surface area contributed by atoms with E-state index in [1.165, 1.54) is 13.8 Å². The van der Waals surface area contributed by atoms with E-state index in [9.17, 15) is 39.0 Å². The molecule has 0 unspecified atom stereocenters. The zero-order valence-corrected chi connectivity index (χ0v) is 28.1. The van der Waals surface area contributed by atoms with Gasteiger partial charge in [0, 0.05) is 37.8 Å². The van der Waals surface area contributed by atoms with Crippen molar-refractivity contribution in [3.8, 4) is 0 Å². The van der Waals surface area contributed by atoms with Crippen LogP contribution in [0.2, 0.25) is 0 Å². The summed E-state index contributed by atoms with van der Waals surface area (Å²) in [5.41, 5.74) is 7.04. The lowest BCUT2D eigenvalue weighted by atomic mass is 9.90. The van der Waals surface area contributed by atoms with Crippen LogP contribution in [0.25, 0.3) is 0 Å². The van der Waals surface area contributed by atoms with Crippen molar-refractivity contribution in [1.29, 1.82) is 0 Å². The molecule has 0 fully saturated rings. The SMILES string of the molecule is CCc1c(CCC(=O)O)cc(COC(=O)CC(=O)OCc2cc(CCC(=O)O)c(CC)c(CC)c2NC(C)=O)c(NC(C)=O)c1CC. The summed E-state index contributed by atoms with van der Waals surface area (Å²) in [6.45, 7) is 9.91. The Balaban J connectivity index is 2.28. The first-order valence-electron chi connectivity index (χ1n) is 15.9. The lowest BCUT2D eigenvalue weighted by Gasteiger charge is -2.22. The molecule has 2 amide bonds. The molecular weight excluding hydrogens is 608 g/mol. The number of amides is 2. The number of benzene rings is 2. The number of anilines is 2. The minimum atomic E-state index is -0.949. The number of ether oxygens (including phenoxy) is 2. The Morgan fingerprint density at radius 3 is 1.19 bits per heavy atom. The molecule has 47 heavy (non-hydrogen) atoms. The van der Waals surface area contributed by atoms with Crippen molar-refractivity contribution in [1.82, 2.24) is 0 Å². The monoisotopic (exact) mass is 654 g/mol. The average Bonchev–Trinajstić information content (AvgIpc) is 3.00. The van der Waals surface area contributed by atoms with Crippen LogP contribution in [0.3, 0.4) is 0 Å². The molecule has 0 saturated heterocycles. The summed E-state index contributed by atoms with van der Waals surface area (Å²) in [7, 11) is 0. The highest BCUT2D eigenvalue weighted by molar-refractivity contribution is 5.93. The number of esters is 2. The van der Waals surface area contributed by atoms with Crippen LogP contribution in [-0.2, 0) is 90.0 Å². The molecule has 0 saturated carbocycles. The predicted molar refractivity (Wildman–Crippen MR) is 175 cm³/mol. The highest BCUT2D eigenvalue weighted by atomic mass is 16.6. The zero-order chi connectivity index (χ0) is 35.3. The number of carbonyl (C=O) groups excluding carboxylic acids is 4. The van der Waals surface area contributed by atoms with E-state index in [-0.39, 0.29) is 50.7 Å². The first-order chi connectivity index (χ1) is 22.3. The molecule has 0 aliphatic rings. The number of rotatable bonds is 18. The molecule has 0 aliphatic carbocycles. The molecule has 0 aromatic heterocycles. The minimum Gasteiger partial charge on any atom is -0.481 e. The van der Waals surface area contributed by atoms with Gasteiger partial charge in [-0.05, 0) is 71.9 Å². The second kappa shape index (κ2) is 18.4. The quantitative estimate of drug-likeness (QED) is 0.125. The summed E-state index contributed by atoms with van der Waals surface area (Å²) in [5.74, 6) is -4.27. The number of carboxylic acid groups (broad SMARTS) is 2. The zero-order valence-electron chi connectivity index (χ0n) is 28.1. The Morgan fingerprint density at radius 1 is 0.574 bits per heavy atom. The molecule has 0 heterocycles. The van der Waals surface area contributed by atoms with E-state index in [1.807, 2.05) is 27.7 Å². The van der Waals surface area contributed by atoms with E-state index in [1.54, 1.807) is 12.1 Å². The van der Waals surface area contributed by atoms with Gasteiger partial charge >= 0.3 is 23.9 Å². The molecular formula is C35H46N2O10. The fraction of sp³-hybridized carbons (Fsp3) is 0.486. The topological polar surface area (TPSA) is 185 Å². The molecule has 4 N–H and O–H groups in total. The van der Waals surface area contributed by atoms with E-state index in [0.717, 1.165) is 33.4 Å². The van der Waals surface area contributed by atoms with Gasteiger partial charge in [-0.2, -0.15) is 0 Å². The lowest BCUT2D eigenvalue weighted by molar-refractivity contribution is -0.156. The largest absolute Gasteiger partial charge is 0.481 e. The predicted octanol–water partition coefficient (Wildman–Crippen LogP) is 5.06. The van der Waals surface area contributed by atoms with Crippen LogP contribution in [0, 0.1) is 0 Å². The fourth-order valence-corrected chi connectivity index (χ4v) is 5.83. The minimum absolute atomic E-state index is 0.0909. The van der Waals surface area contributed by atoms with Crippen molar-refractivity contribution in [2.75, 3.05) is 10.6 Å². The van der Waals surface area contributed by atoms with Crippen molar-refractivity contribution < 1.29 is 48.5 Å². The maximum Gasteiger partial charge on any atom is 0.317 e. The molecule has 2 aromatic carbocycles. The summed E-state index contributed by atoms with van der Waals surface area (Å²) in [4.78, 5) is 72.1. The summed E-state index contributed by atoms with van der Waals surface area (Å²) < 4.78 is 10.8. The smallest absolute Gasteiger partial charge is 0.317 e. The van der Waals surface area contributed by atoms with Crippen molar-refractivity contribution in [2.24, 2.45) is 0 Å². The Hall–Kier alpha value is -4.74. The van der Waals surface area contributed by atoms with Crippen LogP contribution in [-0.4, -0.2) is 45.9 Å². The van der Waals surface area contributed by atoms with E-state index in [4.69, 9.17) is 9.47 Å². The number of carboxylic acids is 2. The van der Waals surface area contributed by atoms with Gasteiger partial charge in [0.1, 0.15) is 19.6 Å². The number of nitrogens with one attached hydrogen (secondary N) is 2. The van der Waals surface area contributed by atoms with Gasteiger partial charge in [-0.3, -0.25) is 28.8 Å². The molecule has 256 valence electrons. The molecule has 12 heteroatoms. The summed E-state index contributed by atoms with van der Waals surface area (Å²) in [6, 6.07) is 3.46. The molecule has 0 aliphatic heterocycles. The van der Waals surface area contributed by atoms with Crippen molar-refractivity contribution in [3.05, 3.63) is 56.6 Å². The van der Waals surface area contributed by atoms with Crippen LogP contribution in [0.4, 0.5) is 11.4 Å². The summed E-state index contributed by atoms with van der Waals surface area (Å²) in [6.07, 6.45) is 1.95. The van der Waals surface area contributed by atoms with Gasteiger partial charge < -0.3 is 30.3 Å². The van der Waals surface area contributed by atoms with Crippen LogP contribution in [0.15, 0.2) is 12.1 Å². The number of aryl methyl sites for hydroxylation is 2. The van der Waals surface area contributed by atoms with Crippen LogP contribution in [0.5, 0.6) is 0 Å². The molecule has 0 spiro atoms. The second-order valence-corrected chi connectivity index (χ2v) is 11.1. The first-order valence-corrected chi connectivity index (χ1v) is 15.9. The van der Waals surface area contributed by atoms with Gasteiger partial charge in [-0.1, -0.05) is 39.8 Å². The molecule has 0 atom stereocenters. The Morgan fingerprint density at radius 2 is 0.915 bits per heavy atom. The summed E-state index contributed by atoms with van der Waals surface area (Å²) >= 11 is 0. The standard InChI is InChI=1S/C35H46N2O10/c1-7-26-22(11-13-30(40)41)15-24(34(28(26)9-3)36-20(5)38)18-46-32(44)17-33(45)47-19-25-16-23(12-14-31(42)43)27(8-2)29(10-4)35(25)37-21(6)39/h15-16H,7-14,17-19H2,1-6H3,(H,36,38)(H,37,39)(H,40,41)(H,42,43). The van der Waals surface area contributed by atoms with Crippen molar-refractivity contribution in [2.45, 2.75) is 113 Å². The second-order valence-electron chi connectivity index (χ2n) is 11.1. The van der Waals surface area contributed by atoms with Gasteiger partial charge in [0.15, 0.2) is 0 Å². The van der Waals surface area contributed by atoms with Crippen LogP contribution < -0.4 is 10.6 Å². The fourth-order valence-electron chi connectivity index (χ4n) is 5.83. The lowest BCUT2D eigenvalue weighted by Crippen LogP contribution is -2.18. The van der Waals surface area contributed by atoms with Gasteiger partial charge in [0.2, 0.25) is 11.8 Å². The maximum absolute atomic E-state index is 12.7. The van der Waals surface area contributed by atoms with Gasteiger partial charge in [-0.15, -0.1) is 0 Å². The third kappa shape index (κ3) is 11.2. The molecule has 12 nitrogen and oxygen atoms in total. The van der Waals surface area contributed by atoms with E-state index in [0.29, 0.717) is 48.2 Å². The average molecular weight is 655 g/mol. The Bertz CT molecular complexity index is 1400.